The minimum atomic E-state index is -2.65. The highest BCUT2D eigenvalue weighted by molar-refractivity contribution is 7.63. The Morgan fingerprint density at radius 2 is 1.44 bits per heavy atom. The number of aliphatic hydroxyl groups excluding tert-OH is 1. The summed E-state index contributed by atoms with van der Waals surface area (Å²) in [6.07, 6.45) is 6.16. The predicted molar refractivity (Wildman–Crippen MR) is 194 cm³/mol. The molecule has 6 rings (SSSR count). The molecule has 2 N–H and O–H groups in total. The molecule has 0 saturated carbocycles. The fourth-order valence-electron chi connectivity index (χ4n) is 7.20. The number of fused-ring (bicyclic) bond motifs is 4. The Balaban J connectivity index is 1.04. The van der Waals surface area contributed by atoms with Crippen molar-refractivity contribution in [2.45, 2.75) is 44.2 Å². The molecular weight excluding hydrogens is 659 g/mol. The summed E-state index contributed by atoms with van der Waals surface area (Å²) in [5.74, 6) is 1.72. The van der Waals surface area contributed by atoms with Gasteiger partial charge in [-0.2, -0.15) is 0 Å². The van der Waals surface area contributed by atoms with Crippen molar-refractivity contribution >= 4 is 36.5 Å². The fourth-order valence-corrected chi connectivity index (χ4v) is 10.0. The van der Waals surface area contributed by atoms with E-state index >= 15 is 0 Å². The van der Waals surface area contributed by atoms with E-state index in [1.807, 2.05) is 11.0 Å². The van der Waals surface area contributed by atoms with Crippen LogP contribution in [0.15, 0.2) is 53.6 Å². The van der Waals surface area contributed by atoms with Crippen LogP contribution < -0.4 is 24.3 Å². The molecule has 2 aromatic rings. The van der Waals surface area contributed by atoms with E-state index < -0.39 is 7.14 Å². The number of hydrogen-bond acceptors (Lipinski definition) is 10. The monoisotopic (exact) mass is 706 g/mol. The van der Waals surface area contributed by atoms with Crippen molar-refractivity contribution in [2.24, 2.45) is 4.99 Å². The third-order valence-electron chi connectivity index (χ3n) is 9.79. The Morgan fingerprint density at radius 1 is 0.840 bits per heavy atom. The Bertz CT molecular complexity index is 1740. The van der Waals surface area contributed by atoms with Gasteiger partial charge in [0.2, 0.25) is 0 Å². The summed E-state index contributed by atoms with van der Waals surface area (Å²) in [4.78, 5) is 34.8. The summed E-state index contributed by atoms with van der Waals surface area (Å²) in [6.45, 7) is 10.4. The number of ether oxygens (including phenoxy) is 4. The lowest BCUT2D eigenvalue weighted by Crippen LogP contribution is -2.36. The number of carbonyl (C=O) groups excluding carboxylic acids is 2. The van der Waals surface area contributed by atoms with Gasteiger partial charge in [0.25, 0.3) is 11.8 Å². The minimum absolute atomic E-state index is 0.0284. The lowest BCUT2D eigenvalue weighted by atomic mass is 10.1. The molecule has 0 bridgehead atoms. The van der Waals surface area contributed by atoms with Crippen molar-refractivity contribution < 1.29 is 38.2 Å². The van der Waals surface area contributed by atoms with Crippen LogP contribution in [0, 0.1) is 0 Å². The normalized spacial score (nSPS) is 20.6. The lowest BCUT2D eigenvalue weighted by molar-refractivity contribution is 0.0750. The molecular formula is C37H47N4O8P. The number of aliphatic imine (C=N–C) groups is 1. The first kappa shape index (κ1) is 35.5. The maximum Gasteiger partial charge on any atom is 0.257 e. The maximum atomic E-state index is 14.0. The molecule has 268 valence electrons. The number of nitrogens with one attached hydrogen (secondary N) is 1. The third-order valence-corrected chi connectivity index (χ3v) is 13.2. The molecule has 1 unspecified atom stereocenters. The zero-order chi connectivity index (χ0) is 35.4. The molecule has 2 saturated heterocycles. The first-order valence-electron chi connectivity index (χ1n) is 17.2. The van der Waals surface area contributed by atoms with E-state index in [9.17, 15) is 19.3 Å². The molecule has 4 heterocycles. The SMILES string of the molecule is C=C1C[C@H]2CNc3cc(OCCCP(=O)(CCCO)CCCOc4cc5c(cc4OC)C(=O)N4CC(=C)C[C@H]4C=N5)c(OC)cc3C(=O)N2C1. The van der Waals surface area contributed by atoms with Crippen LogP contribution in [0.4, 0.5) is 11.4 Å². The zero-order valence-electron chi connectivity index (χ0n) is 28.9. The van der Waals surface area contributed by atoms with Gasteiger partial charge in [0.05, 0.1) is 69.2 Å². The average molecular weight is 707 g/mol. The first-order valence-corrected chi connectivity index (χ1v) is 19.5. The van der Waals surface area contributed by atoms with Crippen LogP contribution in [0.3, 0.4) is 0 Å². The lowest BCUT2D eigenvalue weighted by Gasteiger charge is -2.21. The molecule has 0 radical (unpaired) electrons. The summed E-state index contributed by atoms with van der Waals surface area (Å²) in [6, 6.07) is 6.89. The molecule has 12 nitrogen and oxygen atoms in total. The van der Waals surface area contributed by atoms with E-state index in [2.05, 4.69) is 23.5 Å². The number of aliphatic hydroxyl groups is 1. The van der Waals surface area contributed by atoms with Crippen LogP contribution in [0.25, 0.3) is 0 Å². The van der Waals surface area contributed by atoms with E-state index in [-0.39, 0.29) is 30.5 Å². The highest BCUT2D eigenvalue weighted by Gasteiger charge is 2.36. The van der Waals surface area contributed by atoms with Crippen LogP contribution in [0.2, 0.25) is 0 Å². The number of anilines is 1. The van der Waals surface area contributed by atoms with Crippen LogP contribution in [0.5, 0.6) is 23.0 Å². The zero-order valence-corrected chi connectivity index (χ0v) is 29.8. The van der Waals surface area contributed by atoms with Crippen LogP contribution in [0.1, 0.15) is 52.8 Å². The number of rotatable bonds is 15. The molecule has 50 heavy (non-hydrogen) atoms. The maximum absolute atomic E-state index is 14.0. The van der Waals surface area contributed by atoms with Gasteiger partial charge in [-0.3, -0.25) is 14.6 Å². The van der Waals surface area contributed by atoms with Crippen molar-refractivity contribution in [1.29, 1.82) is 0 Å². The second kappa shape index (κ2) is 15.3. The molecule has 4 aliphatic heterocycles. The fraction of sp³-hybridized carbons (Fsp3) is 0.486. The minimum Gasteiger partial charge on any atom is -0.493 e. The predicted octanol–water partition coefficient (Wildman–Crippen LogP) is 5.37. The van der Waals surface area contributed by atoms with Gasteiger partial charge in [-0.05, 0) is 44.2 Å². The van der Waals surface area contributed by atoms with Crippen molar-refractivity contribution in [3.63, 3.8) is 0 Å². The van der Waals surface area contributed by atoms with Crippen LogP contribution in [-0.4, -0.2) is 117 Å². The van der Waals surface area contributed by atoms with Crippen molar-refractivity contribution in [2.75, 3.05) is 77.5 Å². The summed E-state index contributed by atoms with van der Waals surface area (Å²) >= 11 is 0. The van der Waals surface area contributed by atoms with Gasteiger partial charge >= 0.3 is 0 Å². The Kier molecular flexibility index (Phi) is 10.9. The van der Waals surface area contributed by atoms with Crippen molar-refractivity contribution in [3.8, 4) is 23.0 Å². The molecule has 13 heteroatoms. The molecule has 0 spiro atoms. The van der Waals surface area contributed by atoms with Crippen molar-refractivity contribution in [1.82, 2.24) is 9.80 Å². The second-order valence-corrected chi connectivity index (χ2v) is 16.9. The molecule has 2 amide bonds. The molecule has 0 aromatic heterocycles. The quantitative estimate of drug-likeness (QED) is 0.142. The largest absolute Gasteiger partial charge is 0.493 e. The second-order valence-electron chi connectivity index (χ2n) is 13.4. The highest BCUT2D eigenvalue weighted by atomic mass is 31.2. The Morgan fingerprint density at radius 3 is 2.12 bits per heavy atom. The first-order chi connectivity index (χ1) is 24.1. The topological polar surface area (TPSA) is 139 Å². The standard InChI is InChI=1S/C37H47N4O8P/c1-24-14-26-20-38-30-18-34(32(46-3)16-28(30)36(43)40(26)22-24)48-9-6-12-50(45,11-5-8-42)13-7-10-49-35-19-31-29(17-33(35)47-4)37(44)41-23-25(2)15-27(41)21-39-31/h16-20,26-27,39,42H,1-2,5-15,21-23H2,3-4H3/t26-,27-,50?/m0/s1. The van der Waals surface area contributed by atoms with E-state index in [0.717, 1.165) is 17.6 Å². The molecule has 2 fully saturated rings. The van der Waals surface area contributed by atoms with E-state index in [0.29, 0.717) is 123 Å². The number of methoxy groups -OCH3 is 2. The van der Waals surface area contributed by atoms with Gasteiger partial charge < -0.3 is 43.7 Å². The molecule has 3 atom stereocenters. The summed E-state index contributed by atoms with van der Waals surface area (Å²) in [5.41, 5.74) is 4.28. The highest BCUT2D eigenvalue weighted by Crippen LogP contribution is 2.48. The molecule has 0 aliphatic carbocycles. The van der Waals surface area contributed by atoms with Crippen LogP contribution in [-0.2, 0) is 4.57 Å². The van der Waals surface area contributed by atoms with Gasteiger partial charge in [0.15, 0.2) is 23.0 Å². The van der Waals surface area contributed by atoms with Gasteiger partial charge in [0, 0.05) is 63.1 Å². The summed E-state index contributed by atoms with van der Waals surface area (Å²) in [7, 11) is 0.428. The third kappa shape index (κ3) is 7.56. The number of hydrogen-bond donors (Lipinski definition) is 2. The summed E-state index contributed by atoms with van der Waals surface area (Å²) in [5, 5.41) is 12.9. The number of carbonyl (C=O) groups is 2. The van der Waals surface area contributed by atoms with E-state index in [1.54, 1.807) is 36.4 Å². The number of benzene rings is 2. The Hall–Kier alpha value is -4.28. The molecule has 4 aliphatic rings. The average Bonchev–Trinajstić information content (AvgIpc) is 3.62. The van der Waals surface area contributed by atoms with E-state index in [1.165, 1.54) is 7.11 Å². The summed E-state index contributed by atoms with van der Waals surface area (Å²) < 4.78 is 37.4. The number of nitrogens with zero attached hydrogens (tertiary/aromatic N) is 3. The van der Waals surface area contributed by atoms with E-state index in [4.69, 9.17) is 18.9 Å². The number of amides is 2. The van der Waals surface area contributed by atoms with Gasteiger partial charge in [0.1, 0.15) is 0 Å². The Labute approximate surface area is 293 Å². The van der Waals surface area contributed by atoms with Crippen LogP contribution >= 0.6 is 7.14 Å². The van der Waals surface area contributed by atoms with Gasteiger partial charge in [-0.1, -0.05) is 24.3 Å². The van der Waals surface area contributed by atoms with Crippen molar-refractivity contribution in [3.05, 3.63) is 59.7 Å². The molecule has 2 aromatic carbocycles. The van der Waals surface area contributed by atoms with Gasteiger partial charge in [-0.15, -0.1) is 0 Å². The smallest absolute Gasteiger partial charge is 0.257 e. The van der Waals surface area contributed by atoms with Gasteiger partial charge in [-0.25, -0.2) is 0 Å².